The van der Waals surface area contributed by atoms with Gasteiger partial charge in [-0.25, -0.2) is 0 Å². The first-order valence-corrected chi connectivity index (χ1v) is 6.37. The molecule has 0 spiro atoms. The fourth-order valence-corrected chi connectivity index (χ4v) is 3.22. The average molecular weight is 223 g/mol. The lowest BCUT2D eigenvalue weighted by Crippen LogP contribution is -2.50. The smallest absolute Gasteiger partial charge is 0.192 e. The van der Waals surface area contributed by atoms with Crippen LogP contribution in [-0.4, -0.2) is 11.3 Å². The lowest BCUT2D eigenvalue weighted by atomic mass is 9.74. The fraction of sp³-hybridized carbons (Fsp3) is 0.583. The molecule has 15 heavy (non-hydrogen) atoms. The van der Waals surface area contributed by atoms with Gasteiger partial charge in [-0.3, -0.25) is 4.79 Å². The van der Waals surface area contributed by atoms with Crippen LogP contribution in [-0.2, 0) is 0 Å². The first-order valence-electron chi connectivity index (χ1n) is 5.49. The van der Waals surface area contributed by atoms with E-state index >= 15 is 0 Å². The zero-order chi connectivity index (χ0) is 10.9. The molecular weight excluding hydrogens is 206 g/mol. The second kappa shape index (κ2) is 4.06. The van der Waals surface area contributed by atoms with Crippen molar-refractivity contribution in [3.8, 4) is 0 Å². The summed E-state index contributed by atoms with van der Waals surface area (Å²) in [5, 5.41) is 1.93. The topological polar surface area (TPSA) is 43.1 Å². The molecule has 0 saturated heterocycles. The van der Waals surface area contributed by atoms with Crippen molar-refractivity contribution in [3.63, 3.8) is 0 Å². The lowest BCUT2D eigenvalue weighted by molar-refractivity contribution is 0.0824. The molecule has 82 valence electrons. The van der Waals surface area contributed by atoms with Crippen molar-refractivity contribution >= 4 is 17.1 Å². The Kier molecular flexibility index (Phi) is 2.94. The Hall–Kier alpha value is -0.670. The third-order valence-electron chi connectivity index (χ3n) is 3.23. The van der Waals surface area contributed by atoms with Crippen molar-refractivity contribution < 1.29 is 4.79 Å². The van der Waals surface area contributed by atoms with Crippen LogP contribution in [0.3, 0.4) is 0 Å². The second-order valence-electron chi connectivity index (χ2n) is 4.66. The first kappa shape index (κ1) is 10.8. The SMILES string of the molecule is CC1CCCC(N)(C(=O)c2cccs2)C1. The minimum atomic E-state index is -0.595. The monoisotopic (exact) mass is 223 g/mol. The van der Waals surface area contributed by atoms with E-state index in [4.69, 9.17) is 5.73 Å². The van der Waals surface area contributed by atoms with Crippen LogP contribution < -0.4 is 5.73 Å². The quantitative estimate of drug-likeness (QED) is 0.783. The van der Waals surface area contributed by atoms with E-state index in [1.54, 1.807) is 0 Å². The Morgan fingerprint density at radius 2 is 2.47 bits per heavy atom. The largest absolute Gasteiger partial charge is 0.319 e. The van der Waals surface area contributed by atoms with Crippen molar-refractivity contribution in [3.05, 3.63) is 22.4 Å². The van der Waals surface area contributed by atoms with Gasteiger partial charge in [-0.1, -0.05) is 25.8 Å². The van der Waals surface area contributed by atoms with Gasteiger partial charge in [0, 0.05) is 0 Å². The van der Waals surface area contributed by atoms with E-state index in [9.17, 15) is 4.79 Å². The number of carbonyl (C=O) groups is 1. The van der Waals surface area contributed by atoms with E-state index < -0.39 is 5.54 Å². The lowest BCUT2D eigenvalue weighted by Gasteiger charge is -2.35. The third kappa shape index (κ3) is 2.13. The van der Waals surface area contributed by atoms with Crippen molar-refractivity contribution in [1.29, 1.82) is 0 Å². The van der Waals surface area contributed by atoms with E-state index in [-0.39, 0.29) is 5.78 Å². The molecule has 0 bridgehead atoms. The highest BCUT2D eigenvalue weighted by Gasteiger charge is 2.38. The molecule has 2 atom stereocenters. The van der Waals surface area contributed by atoms with Gasteiger partial charge in [0.25, 0.3) is 0 Å². The van der Waals surface area contributed by atoms with Crippen LogP contribution in [0, 0.1) is 5.92 Å². The van der Waals surface area contributed by atoms with Crippen molar-refractivity contribution in [2.24, 2.45) is 11.7 Å². The Balaban J connectivity index is 2.18. The molecule has 0 radical (unpaired) electrons. The summed E-state index contributed by atoms with van der Waals surface area (Å²) in [5.41, 5.74) is 5.65. The van der Waals surface area contributed by atoms with Gasteiger partial charge < -0.3 is 5.73 Å². The number of ketones is 1. The number of rotatable bonds is 2. The normalized spacial score (nSPS) is 31.5. The average Bonchev–Trinajstić information content (AvgIpc) is 2.68. The zero-order valence-electron chi connectivity index (χ0n) is 9.03. The van der Waals surface area contributed by atoms with Crippen LogP contribution in [0.5, 0.6) is 0 Å². The summed E-state index contributed by atoms with van der Waals surface area (Å²) in [6.45, 7) is 2.18. The summed E-state index contributed by atoms with van der Waals surface area (Å²) in [6.07, 6.45) is 3.96. The molecular formula is C12H17NOS. The van der Waals surface area contributed by atoms with Crippen molar-refractivity contribution in [2.75, 3.05) is 0 Å². The van der Waals surface area contributed by atoms with E-state index in [2.05, 4.69) is 6.92 Å². The fourth-order valence-electron chi connectivity index (χ4n) is 2.45. The van der Waals surface area contributed by atoms with Crippen LogP contribution in [0.4, 0.5) is 0 Å². The van der Waals surface area contributed by atoms with Gasteiger partial charge in [0.05, 0.1) is 10.4 Å². The zero-order valence-corrected chi connectivity index (χ0v) is 9.85. The van der Waals surface area contributed by atoms with E-state index in [0.717, 1.165) is 24.1 Å². The van der Waals surface area contributed by atoms with Gasteiger partial charge in [-0.05, 0) is 30.2 Å². The second-order valence-corrected chi connectivity index (χ2v) is 5.61. The first-order chi connectivity index (χ1) is 7.12. The highest BCUT2D eigenvalue weighted by molar-refractivity contribution is 7.12. The summed E-state index contributed by atoms with van der Waals surface area (Å²) in [7, 11) is 0. The summed E-state index contributed by atoms with van der Waals surface area (Å²) in [6, 6.07) is 3.79. The Labute approximate surface area is 94.5 Å². The molecule has 1 aromatic rings. The number of hydrogen-bond donors (Lipinski definition) is 1. The molecule has 1 saturated carbocycles. The summed E-state index contributed by atoms with van der Waals surface area (Å²) in [5.74, 6) is 0.719. The molecule has 1 aromatic heterocycles. The number of Topliss-reactive ketones (excluding diaryl/α,β-unsaturated/α-hetero) is 1. The Bertz CT molecular complexity index is 347. The maximum absolute atomic E-state index is 12.2. The van der Waals surface area contributed by atoms with Crippen LogP contribution in [0.1, 0.15) is 42.3 Å². The third-order valence-corrected chi connectivity index (χ3v) is 4.10. The van der Waals surface area contributed by atoms with Gasteiger partial charge in [-0.2, -0.15) is 0 Å². The molecule has 0 aliphatic heterocycles. The maximum Gasteiger partial charge on any atom is 0.192 e. The molecule has 1 aliphatic rings. The van der Waals surface area contributed by atoms with Crippen molar-refractivity contribution in [1.82, 2.24) is 0 Å². The number of hydrogen-bond acceptors (Lipinski definition) is 3. The minimum absolute atomic E-state index is 0.143. The molecule has 0 amide bonds. The highest BCUT2D eigenvalue weighted by Crippen LogP contribution is 2.33. The van der Waals surface area contributed by atoms with E-state index in [1.807, 2.05) is 17.5 Å². The molecule has 3 heteroatoms. The molecule has 1 aliphatic carbocycles. The molecule has 2 unspecified atom stereocenters. The molecule has 1 fully saturated rings. The standard InChI is InChI=1S/C12H17NOS/c1-9-4-2-6-12(13,8-9)11(14)10-5-3-7-15-10/h3,5,7,9H,2,4,6,8,13H2,1H3. The van der Waals surface area contributed by atoms with Crippen LogP contribution in [0.25, 0.3) is 0 Å². The Morgan fingerprint density at radius 3 is 3.07 bits per heavy atom. The number of nitrogens with two attached hydrogens (primary N) is 1. The van der Waals surface area contributed by atoms with Gasteiger partial charge in [0.2, 0.25) is 0 Å². The van der Waals surface area contributed by atoms with Gasteiger partial charge in [0.1, 0.15) is 0 Å². The van der Waals surface area contributed by atoms with E-state index in [0.29, 0.717) is 5.92 Å². The van der Waals surface area contributed by atoms with E-state index in [1.165, 1.54) is 17.8 Å². The highest BCUT2D eigenvalue weighted by atomic mass is 32.1. The molecule has 1 heterocycles. The predicted molar refractivity (Wildman–Crippen MR) is 63.2 cm³/mol. The van der Waals surface area contributed by atoms with Crippen LogP contribution in [0.15, 0.2) is 17.5 Å². The van der Waals surface area contributed by atoms with Gasteiger partial charge >= 0.3 is 0 Å². The summed E-state index contributed by atoms with van der Waals surface area (Å²) < 4.78 is 0. The minimum Gasteiger partial charge on any atom is -0.319 e. The van der Waals surface area contributed by atoms with Gasteiger partial charge in [-0.15, -0.1) is 11.3 Å². The molecule has 2 N–H and O–H groups in total. The predicted octanol–water partition coefficient (Wildman–Crippen LogP) is 2.84. The van der Waals surface area contributed by atoms with Gasteiger partial charge in [0.15, 0.2) is 5.78 Å². The van der Waals surface area contributed by atoms with Crippen LogP contribution >= 0.6 is 11.3 Å². The molecule has 0 aromatic carbocycles. The number of thiophene rings is 1. The molecule has 2 nitrogen and oxygen atoms in total. The van der Waals surface area contributed by atoms with Crippen LogP contribution in [0.2, 0.25) is 0 Å². The number of carbonyl (C=O) groups excluding carboxylic acids is 1. The summed E-state index contributed by atoms with van der Waals surface area (Å²) in [4.78, 5) is 13.0. The van der Waals surface area contributed by atoms with Crippen molar-refractivity contribution in [2.45, 2.75) is 38.1 Å². The maximum atomic E-state index is 12.2. The molecule has 2 rings (SSSR count). The Morgan fingerprint density at radius 1 is 1.67 bits per heavy atom. The summed E-state index contributed by atoms with van der Waals surface area (Å²) >= 11 is 1.49.